The second-order valence-electron chi connectivity index (χ2n) is 7.71. The first-order valence-electron chi connectivity index (χ1n) is 9.80. The van der Waals surface area contributed by atoms with Crippen molar-refractivity contribution in [2.75, 3.05) is 13.1 Å². The fourth-order valence-electron chi connectivity index (χ4n) is 4.07. The van der Waals surface area contributed by atoms with Crippen LogP contribution in [0.15, 0.2) is 54.2 Å². The highest BCUT2D eigenvalue weighted by Gasteiger charge is 2.42. The van der Waals surface area contributed by atoms with E-state index < -0.39 is 11.7 Å². The van der Waals surface area contributed by atoms with Crippen LogP contribution in [0.2, 0.25) is 5.02 Å². The minimum absolute atomic E-state index is 0.0890. The van der Waals surface area contributed by atoms with Crippen molar-refractivity contribution in [3.05, 3.63) is 76.2 Å². The van der Waals surface area contributed by atoms with Crippen LogP contribution in [0, 0.1) is 11.7 Å². The summed E-state index contributed by atoms with van der Waals surface area (Å²) in [5.41, 5.74) is 1.76. The molecule has 4 rings (SSSR count). The van der Waals surface area contributed by atoms with Gasteiger partial charge in [-0.25, -0.2) is 4.39 Å². The van der Waals surface area contributed by atoms with E-state index in [1.54, 1.807) is 42.5 Å². The van der Waals surface area contributed by atoms with Gasteiger partial charge in [-0.05, 0) is 42.5 Å². The summed E-state index contributed by atoms with van der Waals surface area (Å²) >= 11 is 6.01. The predicted molar refractivity (Wildman–Crippen MR) is 110 cm³/mol. The third kappa shape index (κ3) is 3.79. The number of imide groups is 1. The summed E-state index contributed by atoms with van der Waals surface area (Å²) in [6, 6.07) is 13.1. The molecule has 0 aliphatic carbocycles. The molecule has 1 unspecified atom stereocenters. The SMILES string of the molecule is CC1CCCN(C2=C(c3ccc(Cl)cc3)C(=O)N(Cc3ccccc3F)C2=O)C1. The molecule has 2 aromatic rings. The summed E-state index contributed by atoms with van der Waals surface area (Å²) in [4.78, 5) is 29.8. The van der Waals surface area contributed by atoms with Gasteiger partial charge in [-0.2, -0.15) is 0 Å². The Bertz CT molecular complexity index is 987. The smallest absolute Gasteiger partial charge is 0.278 e. The maximum absolute atomic E-state index is 14.2. The number of hydrogen-bond acceptors (Lipinski definition) is 3. The number of amides is 2. The number of carbonyl (C=O) groups is 2. The topological polar surface area (TPSA) is 40.6 Å². The Balaban J connectivity index is 1.75. The molecule has 2 aliphatic heterocycles. The van der Waals surface area contributed by atoms with E-state index >= 15 is 0 Å². The van der Waals surface area contributed by atoms with Gasteiger partial charge in [-0.15, -0.1) is 0 Å². The Morgan fingerprint density at radius 3 is 2.48 bits per heavy atom. The highest BCUT2D eigenvalue weighted by Crippen LogP contribution is 2.35. The average Bonchev–Trinajstić information content (AvgIpc) is 2.95. The molecule has 4 nitrogen and oxygen atoms in total. The van der Waals surface area contributed by atoms with Crippen LogP contribution in [0.25, 0.3) is 5.57 Å². The number of halogens is 2. The first-order valence-corrected chi connectivity index (χ1v) is 10.2. The summed E-state index contributed by atoms with van der Waals surface area (Å²) in [5, 5.41) is 0.558. The van der Waals surface area contributed by atoms with Gasteiger partial charge in [0.2, 0.25) is 0 Å². The van der Waals surface area contributed by atoms with Crippen molar-refractivity contribution >= 4 is 29.0 Å². The van der Waals surface area contributed by atoms with Gasteiger partial charge in [0.25, 0.3) is 11.8 Å². The molecule has 0 saturated carbocycles. The molecule has 0 radical (unpaired) electrons. The van der Waals surface area contributed by atoms with Crippen molar-refractivity contribution in [2.45, 2.75) is 26.3 Å². The van der Waals surface area contributed by atoms with Gasteiger partial charge in [0.1, 0.15) is 11.5 Å². The average molecular weight is 413 g/mol. The van der Waals surface area contributed by atoms with Gasteiger partial charge in [-0.3, -0.25) is 14.5 Å². The first-order chi connectivity index (χ1) is 14.0. The zero-order valence-corrected chi connectivity index (χ0v) is 17.0. The number of benzene rings is 2. The minimum atomic E-state index is -0.429. The highest BCUT2D eigenvalue weighted by atomic mass is 35.5. The predicted octanol–water partition coefficient (Wildman–Crippen LogP) is 4.49. The van der Waals surface area contributed by atoms with E-state index in [9.17, 15) is 14.0 Å². The molecule has 6 heteroatoms. The van der Waals surface area contributed by atoms with Gasteiger partial charge >= 0.3 is 0 Å². The third-order valence-corrected chi connectivity index (χ3v) is 5.79. The Kier molecular flexibility index (Phi) is 5.41. The third-order valence-electron chi connectivity index (χ3n) is 5.54. The van der Waals surface area contributed by atoms with Gasteiger partial charge in [0.05, 0.1) is 12.1 Å². The lowest BCUT2D eigenvalue weighted by molar-refractivity contribution is -0.138. The fraction of sp³-hybridized carbons (Fsp3) is 0.304. The Hall–Kier alpha value is -2.66. The van der Waals surface area contributed by atoms with E-state index in [2.05, 4.69) is 6.92 Å². The molecule has 2 amide bonds. The lowest BCUT2D eigenvalue weighted by Gasteiger charge is -2.33. The van der Waals surface area contributed by atoms with E-state index in [4.69, 9.17) is 11.6 Å². The normalized spacial score (nSPS) is 20.0. The van der Waals surface area contributed by atoms with Crippen molar-refractivity contribution in [1.29, 1.82) is 0 Å². The second kappa shape index (κ2) is 7.99. The molecular weight excluding hydrogens is 391 g/mol. The minimum Gasteiger partial charge on any atom is -0.366 e. The van der Waals surface area contributed by atoms with Gasteiger partial charge in [0, 0.05) is 23.7 Å². The van der Waals surface area contributed by atoms with Crippen LogP contribution >= 0.6 is 11.6 Å². The second-order valence-corrected chi connectivity index (χ2v) is 8.15. The molecule has 1 atom stereocenters. The number of likely N-dealkylation sites (tertiary alicyclic amines) is 1. The number of nitrogens with zero attached hydrogens (tertiary/aromatic N) is 2. The molecule has 1 fully saturated rings. The van der Waals surface area contributed by atoms with Crippen LogP contribution in [0.3, 0.4) is 0 Å². The summed E-state index contributed by atoms with van der Waals surface area (Å²) in [5.74, 6) is -0.751. The summed E-state index contributed by atoms with van der Waals surface area (Å²) in [7, 11) is 0. The number of piperidine rings is 1. The Morgan fingerprint density at radius 1 is 1.07 bits per heavy atom. The molecule has 0 bridgehead atoms. The summed E-state index contributed by atoms with van der Waals surface area (Å²) < 4.78 is 14.2. The van der Waals surface area contributed by atoms with Gasteiger partial charge in [0.15, 0.2) is 0 Å². The number of rotatable bonds is 4. The summed E-state index contributed by atoms with van der Waals surface area (Å²) in [6.45, 7) is 3.50. The van der Waals surface area contributed by atoms with E-state index in [1.807, 2.05) is 4.90 Å². The van der Waals surface area contributed by atoms with Gasteiger partial charge < -0.3 is 4.90 Å². The molecule has 1 saturated heterocycles. The van der Waals surface area contributed by atoms with E-state index in [0.717, 1.165) is 30.8 Å². The highest BCUT2D eigenvalue weighted by molar-refractivity contribution is 6.35. The van der Waals surface area contributed by atoms with Crippen LogP contribution in [0.4, 0.5) is 4.39 Å². The zero-order chi connectivity index (χ0) is 20.5. The van der Waals surface area contributed by atoms with Crippen LogP contribution in [0.5, 0.6) is 0 Å². The fourth-order valence-corrected chi connectivity index (χ4v) is 4.19. The van der Waals surface area contributed by atoms with E-state index in [1.165, 1.54) is 6.07 Å². The lowest BCUT2D eigenvalue weighted by Crippen LogP contribution is -2.39. The van der Waals surface area contributed by atoms with Crippen LogP contribution in [0.1, 0.15) is 30.9 Å². The Labute approximate surface area is 174 Å². The van der Waals surface area contributed by atoms with Crippen molar-refractivity contribution in [2.24, 2.45) is 5.92 Å². The van der Waals surface area contributed by atoms with Crippen molar-refractivity contribution < 1.29 is 14.0 Å². The molecule has 0 spiro atoms. The van der Waals surface area contributed by atoms with Gasteiger partial charge in [-0.1, -0.05) is 48.9 Å². The number of carbonyl (C=O) groups excluding carboxylic acids is 2. The maximum Gasteiger partial charge on any atom is 0.278 e. The van der Waals surface area contributed by atoms with Crippen LogP contribution < -0.4 is 0 Å². The van der Waals surface area contributed by atoms with Crippen molar-refractivity contribution in [3.8, 4) is 0 Å². The lowest BCUT2D eigenvalue weighted by atomic mass is 9.98. The molecule has 0 aromatic heterocycles. The van der Waals surface area contributed by atoms with E-state index in [0.29, 0.717) is 33.3 Å². The monoisotopic (exact) mass is 412 g/mol. The molecule has 2 aliphatic rings. The molecule has 0 N–H and O–H groups in total. The maximum atomic E-state index is 14.2. The zero-order valence-electron chi connectivity index (χ0n) is 16.2. The van der Waals surface area contributed by atoms with E-state index in [-0.39, 0.29) is 12.5 Å². The molecule has 2 heterocycles. The molecule has 2 aromatic carbocycles. The quantitative estimate of drug-likeness (QED) is 0.694. The van der Waals surface area contributed by atoms with Crippen LogP contribution in [-0.2, 0) is 16.1 Å². The first kappa shape index (κ1) is 19.6. The van der Waals surface area contributed by atoms with Crippen molar-refractivity contribution in [3.63, 3.8) is 0 Å². The molecule has 150 valence electrons. The largest absolute Gasteiger partial charge is 0.366 e. The summed E-state index contributed by atoms with van der Waals surface area (Å²) in [6.07, 6.45) is 2.06. The molecule has 29 heavy (non-hydrogen) atoms. The van der Waals surface area contributed by atoms with Crippen molar-refractivity contribution in [1.82, 2.24) is 9.80 Å². The van der Waals surface area contributed by atoms with Crippen LogP contribution in [-0.4, -0.2) is 34.7 Å². The standard InChI is InChI=1S/C23H22ClFN2O2/c1-15-5-4-12-26(13-15)21-20(16-8-10-18(24)11-9-16)22(28)27(23(21)29)14-17-6-2-3-7-19(17)25/h2-3,6-11,15H,4-5,12-14H2,1H3. The molecular formula is C23H22ClFN2O2. The Morgan fingerprint density at radius 2 is 1.79 bits per heavy atom. The number of hydrogen-bond donors (Lipinski definition) is 0.